The fourth-order valence-corrected chi connectivity index (χ4v) is 2.94. The van der Waals surface area contributed by atoms with E-state index in [1.807, 2.05) is 13.8 Å². The van der Waals surface area contributed by atoms with Gasteiger partial charge in [0.1, 0.15) is 11.2 Å². The Morgan fingerprint density at radius 1 is 1.50 bits per heavy atom. The molecular formula is C13H15N3O3S. The summed E-state index contributed by atoms with van der Waals surface area (Å²) in [5.41, 5.74) is -1.15. The normalized spacial score (nSPS) is 17.5. The Labute approximate surface area is 119 Å². The van der Waals surface area contributed by atoms with Crippen molar-refractivity contribution in [1.82, 2.24) is 14.3 Å². The summed E-state index contributed by atoms with van der Waals surface area (Å²) in [7, 11) is 0. The van der Waals surface area contributed by atoms with Crippen molar-refractivity contribution in [2.75, 3.05) is 13.1 Å². The smallest absolute Gasteiger partial charge is 0.271 e. The van der Waals surface area contributed by atoms with Crippen LogP contribution in [0.1, 0.15) is 24.2 Å². The third-order valence-electron chi connectivity index (χ3n) is 3.86. The molecule has 0 aliphatic carbocycles. The highest BCUT2D eigenvalue weighted by molar-refractivity contribution is 7.15. The average molecular weight is 293 g/mol. The maximum atomic E-state index is 12.3. The number of rotatable bonds is 2. The monoisotopic (exact) mass is 293 g/mol. The number of hydrogen-bond acceptors (Lipinski definition) is 5. The number of aliphatic hydroxyl groups is 1. The van der Waals surface area contributed by atoms with E-state index in [9.17, 15) is 14.7 Å². The van der Waals surface area contributed by atoms with Crippen LogP contribution in [0.3, 0.4) is 0 Å². The van der Waals surface area contributed by atoms with Crippen molar-refractivity contribution >= 4 is 22.2 Å². The van der Waals surface area contributed by atoms with E-state index in [2.05, 4.69) is 4.98 Å². The molecule has 0 radical (unpaired) electrons. The van der Waals surface area contributed by atoms with Gasteiger partial charge in [0.2, 0.25) is 0 Å². The molecule has 20 heavy (non-hydrogen) atoms. The molecule has 1 amide bonds. The van der Waals surface area contributed by atoms with Crippen LogP contribution in [0.4, 0.5) is 0 Å². The summed E-state index contributed by atoms with van der Waals surface area (Å²) in [6.07, 6.45) is 2.93. The Morgan fingerprint density at radius 3 is 2.85 bits per heavy atom. The van der Waals surface area contributed by atoms with Gasteiger partial charge in [-0.1, -0.05) is 13.8 Å². The number of β-amino-alcohol motifs (C(OH)–C–C–N with tert-alkyl or cyclic N) is 1. The molecule has 0 aromatic carbocycles. The summed E-state index contributed by atoms with van der Waals surface area (Å²) in [4.78, 5) is 30.6. The lowest BCUT2D eigenvalue weighted by Crippen LogP contribution is -2.66. The largest absolute Gasteiger partial charge is 0.386 e. The topological polar surface area (TPSA) is 74.9 Å². The Hall–Kier alpha value is -1.73. The molecule has 1 N–H and O–H groups in total. The summed E-state index contributed by atoms with van der Waals surface area (Å²) in [5, 5.41) is 11.9. The van der Waals surface area contributed by atoms with Gasteiger partial charge in [-0.05, 0) is 5.92 Å². The van der Waals surface area contributed by atoms with Crippen molar-refractivity contribution < 1.29 is 9.90 Å². The standard InChI is InChI=1S/C13H15N3O3S/c1-8(2)13(19)6-15(7-13)10(17)9-5-14-12-16(11(9)18)3-4-20-12/h3-5,8,19H,6-7H2,1-2H3. The van der Waals surface area contributed by atoms with Gasteiger partial charge in [0.05, 0.1) is 13.1 Å². The molecule has 3 heterocycles. The minimum absolute atomic E-state index is 0.0479. The van der Waals surface area contributed by atoms with Gasteiger partial charge >= 0.3 is 0 Å². The van der Waals surface area contributed by atoms with E-state index in [1.165, 1.54) is 26.8 Å². The zero-order chi connectivity index (χ0) is 14.5. The molecule has 6 nitrogen and oxygen atoms in total. The van der Waals surface area contributed by atoms with Crippen LogP contribution in [-0.4, -0.2) is 44.0 Å². The maximum Gasteiger partial charge on any atom is 0.271 e. The third-order valence-corrected chi connectivity index (χ3v) is 4.64. The van der Waals surface area contributed by atoms with Crippen LogP contribution in [-0.2, 0) is 0 Å². The Bertz CT molecular complexity index is 728. The number of carbonyl (C=O) groups excluding carboxylic acids is 1. The predicted octanol–water partition coefficient (Wildman–Crippen LogP) is 0.599. The molecule has 1 saturated heterocycles. The highest BCUT2D eigenvalue weighted by atomic mass is 32.1. The van der Waals surface area contributed by atoms with Crippen molar-refractivity contribution in [2.45, 2.75) is 19.4 Å². The molecule has 0 bridgehead atoms. The van der Waals surface area contributed by atoms with Crippen LogP contribution >= 0.6 is 11.3 Å². The number of thiazole rings is 1. The van der Waals surface area contributed by atoms with Gasteiger partial charge in [-0.2, -0.15) is 0 Å². The van der Waals surface area contributed by atoms with Gasteiger partial charge in [-0.3, -0.25) is 14.0 Å². The number of likely N-dealkylation sites (tertiary alicyclic amines) is 1. The van der Waals surface area contributed by atoms with Crippen molar-refractivity contribution in [3.8, 4) is 0 Å². The SMILES string of the molecule is CC(C)C1(O)CN(C(=O)c2cnc3sccn3c2=O)C1. The van der Waals surface area contributed by atoms with Crippen molar-refractivity contribution in [3.05, 3.63) is 33.7 Å². The minimum atomic E-state index is -0.842. The Morgan fingerprint density at radius 2 is 2.20 bits per heavy atom. The molecule has 3 rings (SSSR count). The Balaban J connectivity index is 1.88. The maximum absolute atomic E-state index is 12.3. The second-order valence-electron chi connectivity index (χ2n) is 5.45. The molecule has 1 fully saturated rings. The van der Waals surface area contributed by atoms with Crippen molar-refractivity contribution in [1.29, 1.82) is 0 Å². The molecule has 1 aliphatic heterocycles. The lowest BCUT2D eigenvalue weighted by atomic mass is 9.83. The van der Waals surface area contributed by atoms with Crippen molar-refractivity contribution in [3.63, 3.8) is 0 Å². The molecular weight excluding hydrogens is 278 g/mol. The van der Waals surface area contributed by atoms with E-state index in [0.717, 1.165) is 0 Å². The van der Waals surface area contributed by atoms with Crippen molar-refractivity contribution in [2.24, 2.45) is 5.92 Å². The average Bonchev–Trinajstić information content (AvgIpc) is 2.83. The molecule has 1 aliphatic rings. The fraction of sp³-hybridized carbons (Fsp3) is 0.462. The molecule has 0 atom stereocenters. The molecule has 0 unspecified atom stereocenters. The summed E-state index contributed by atoms with van der Waals surface area (Å²) < 4.78 is 1.37. The van der Waals surface area contributed by atoms with E-state index in [4.69, 9.17) is 0 Å². The van der Waals surface area contributed by atoms with Crippen LogP contribution in [0.5, 0.6) is 0 Å². The van der Waals surface area contributed by atoms with Gasteiger partial charge < -0.3 is 10.0 Å². The lowest BCUT2D eigenvalue weighted by Gasteiger charge is -2.48. The number of carbonyl (C=O) groups is 1. The first kappa shape index (κ1) is 13.3. The lowest BCUT2D eigenvalue weighted by molar-refractivity contribution is -0.110. The van der Waals surface area contributed by atoms with Gasteiger partial charge in [0, 0.05) is 17.8 Å². The quantitative estimate of drug-likeness (QED) is 0.880. The molecule has 2 aromatic rings. The van der Waals surface area contributed by atoms with Crippen LogP contribution in [0.15, 0.2) is 22.6 Å². The second-order valence-corrected chi connectivity index (χ2v) is 6.33. The first-order chi connectivity index (χ1) is 9.42. The fourth-order valence-electron chi connectivity index (χ4n) is 2.27. The first-order valence-corrected chi connectivity index (χ1v) is 7.27. The minimum Gasteiger partial charge on any atom is -0.386 e. The number of amides is 1. The Kier molecular flexibility index (Phi) is 2.91. The van der Waals surface area contributed by atoms with Gasteiger partial charge in [0.15, 0.2) is 4.96 Å². The molecule has 2 aromatic heterocycles. The van der Waals surface area contributed by atoms with Gasteiger partial charge in [0.25, 0.3) is 11.5 Å². The zero-order valence-electron chi connectivity index (χ0n) is 11.2. The molecule has 106 valence electrons. The van der Waals surface area contributed by atoms with Gasteiger partial charge in [-0.25, -0.2) is 4.98 Å². The van der Waals surface area contributed by atoms with E-state index in [1.54, 1.807) is 11.6 Å². The van der Waals surface area contributed by atoms with E-state index < -0.39 is 5.60 Å². The number of fused-ring (bicyclic) bond motifs is 1. The molecule has 0 spiro atoms. The summed E-state index contributed by atoms with van der Waals surface area (Å²) in [6, 6.07) is 0. The summed E-state index contributed by atoms with van der Waals surface area (Å²) >= 11 is 1.34. The van der Waals surface area contributed by atoms with Crippen LogP contribution in [0.25, 0.3) is 4.96 Å². The second kappa shape index (κ2) is 4.39. The summed E-state index contributed by atoms with van der Waals surface area (Å²) in [6.45, 7) is 4.34. The zero-order valence-corrected chi connectivity index (χ0v) is 12.1. The van der Waals surface area contributed by atoms with Crippen LogP contribution in [0.2, 0.25) is 0 Å². The first-order valence-electron chi connectivity index (χ1n) is 6.39. The third kappa shape index (κ3) is 1.85. The van der Waals surface area contributed by atoms with E-state index in [0.29, 0.717) is 4.96 Å². The predicted molar refractivity (Wildman–Crippen MR) is 75.0 cm³/mol. The van der Waals surface area contributed by atoms with Crippen LogP contribution < -0.4 is 5.56 Å². The highest BCUT2D eigenvalue weighted by Crippen LogP contribution is 2.29. The summed E-state index contributed by atoms with van der Waals surface area (Å²) in [5.74, 6) is -0.293. The van der Waals surface area contributed by atoms with Crippen LogP contribution in [0, 0.1) is 5.92 Å². The molecule has 7 heteroatoms. The number of aromatic nitrogens is 2. The van der Waals surface area contributed by atoms with E-state index >= 15 is 0 Å². The van der Waals surface area contributed by atoms with Gasteiger partial charge in [-0.15, -0.1) is 11.3 Å². The number of nitrogens with zero attached hydrogens (tertiary/aromatic N) is 3. The van der Waals surface area contributed by atoms with E-state index in [-0.39, 0.29) is 36.0 Å². The highest BCUT2D eigenvalue weighted by Gasteiger charge is 2.46. The number of hydrogen-bond donors (Lipinski definition) is 1. The molecule has 0 saturated carbocycles.